The van der Waals surface area contributed by atoms with Crippen LogP contribution in [0.15, 0.2) is 54.6 Å². The molecule has 0 atom stereocenters. The zero-order valence-electron chi connectivity index (χ0n) is 12.3. The third-order valence-corrected chi connectivity index (χ3v) is 4.43. The summed E-state index contributed by atoms with van der Waals surface area (Å²) >= 11 is 0. The van der Waals surface area contributed by atoms with E-state index < -0.39 is 0 Å². The van der Waals surface area contributed by atoms with Crippen LogP contribution in [-0.2, 0) is 13.0 Å². The molecule has 21 heavy (non-hydrogen) atoms. The number of rotatable bonds is 4. The molecule has 0 aliphatic carbocycles. The van der Waals surface area contributed by atoms with Gasteiger partial charge in [-0.3, -0.25) is 4.90 Å². The second kappa shape index (κ2) is 6.86. The summed E-state index contributed by atoms with van der Waals surface area (Å²) in [5.41, 5.74) is 2.25. The molecule has 0 unspecified atom stereocenters. The number of hydrogen-bond acceptors (Lipinski definition) is 1. The van der Waals surface area contributed by atoms with E-state index in [4.69, 9.17) is 0 Å². The van der Waals surface area contributed by atoms with Gasteiger partial charge in [0.05, 0.1) is 0 Å². The number of halogens is 1. The highest BCUT2D eigenvalue weighted by molar-refractivity contribution is 5.17. The van der Waals surface area contributed by atoms with Gasteiger partial charge in [-0.25, -0.2) is 4.39 Å². The standard InChI is InChI=1S/C19H22FN/c20-19-9-5-4-8-18(19)15-21-12-10-17(11-13-21)14-16-6-2-1-3-7-16/h1-9,17H,10-15H2. The minimum Gasteiger partial charge on any atom is -0.299 e. The smallest absolute Gasteiger partial charge is 0.127 e. The molecule has 0 N–H and O–H groups in total. The molecule has 2 aromatic rings. The van der Waals surface area contributed by atoms with Gasteiger partial charge in [0.2, 0.25) is 0 Å². The molecule has 0 aromatic heterocycles. The van der Waals surface area contributed by atoms with Gasteiger partial charge >= 0.3 is 0 Å². The fraction of sp³-hybridized carbons (Fsp3) is 0.368. The maximum atomic E-state index is 13.7. The lowest BCUT2D eigenvalue weighted by atomic mass is 9.90. The van der Waals surface area contributed by atoms with Crippen LogP contribution in [0.25, 0.3) is 0 Å². The molecule has 2 aromatic carbocycles. The van der Waals surface area contributed by atoms with Crippen molar-refractivity contribution in [2.45, 2.75) is 25.8 Å². The fourth-order valence-electron chi connectivity index (χ4n) is 3.16. The van der Waals surface area contributed by atoms with E-state index in [0.717, 1.165) is 31.1 Å². The Balaban J connectivity index is 1.50. The van der Waals surface area contributed by atoms with Crippen LogP contribution in [-0.4, -0.2) is 18.0 Å². The summed E-state index contributed by atoms with van der Waals surface area (Å²) in [7, 11) is 0. The summed E-state index contributed by atoms with van der Waals surface area (Å²) in [6, 6.07) is 17.8. The van der Waals surface area contributed by atoms with E-state index in [2.05, 4.69) is 35.2 Å². The van der Waals surface area contributed by atoms with Gasteiger partial charge in [-0.1, -0.05) is 48.5 Å². The fourth-order valence-corrected chi connectivity index (χ4v) is 3.16. The lowest BCUT2D eigenvalue weighted by Crippen LogP contribution is -2.34. The third kappa shape index (κ3) is 3.92. The summed E-state index contributed by atoms with van der Waals surface area (Å²) < 4.78 is 13.7. The lowest BCUT2D eigenvalue weighted by molar-refractivity contribution is 0.175. The van der Waals surface area contributed by atoms with Crippen LogP contribution in [0, 0.1) is 11.7 Å². The predicted molar refractivity (Wildman–Crippen MR) is 84.5 cm³/mol. The van der Waals surface area contributed by atoms with Crippen LogP contribution < -0.4 is 0 Å². The van der Waals surface area contributed by atoms with E-state index in [1.807, 2.05) is 12.1 Å². The van der Waals surface area contributed by atoms with Gasteiger partial charge in [0.25, 0.3) is 0 Å². The van der Waals surface area contributed by atoms with Crippen LogP contribution in [0.4, 0.5) is 4.39 Å². The molecule has 2 heteroatoms. The first-order valence-corrected chi connectivity index (χ1v) is 7.81. The first kappa shape index (κ1) is 14.3. The highest BCUT2D eigenvalue weighted by Crippen LogP contribution is 2.23. The van der Waals surface area contributed by atoms with Crippen LogP contribution in [0.3, 0.4) is 0 Å². The first-order chi connectivity index (χ1) is 10.3. The molecule has 3 rings (SSSR count). The van der Waals surface area contributed by atoms with Crippen molar-refractivity contribution in [2.75, 3.05) is 13.1 Å². The lowest BCUT2D eigenvalue weighted by Gasteiger charge is -2.32. The third-order valence-electron chi connectivity index (χ3n) is 4.43. The van der Waals surface area contributed by atoms with E-state index in [0.29, 0.717) is 0 Å². The Bertz CT molecular complexity index is 559. The minimum absolute atomic E-state index is 0.0797. The molecule has 1 nitrogen and oxygen atoms in total. The predicted octanol–water partition coefficient (Wildman–Crippen LogP) is 4.28. The van der Waals surface area contributed by atoms with Crippen molar-refractivity contribution in [3.63, 3.8) is 0 Å². The largest absolute Gasteiger partial charge is 0.299 e. The SMILES string of the molecule is Fc1ccccc1CN1CCC(Cc2ccccc2)CC1. The molecule has 0 bridgehead atoms. The van der Waals surface area contributed by atoms with Crippen LogP contribution in [0.2, 0.25) is 0 Å². The second-order valence-corrected chi connectivity index (χ2v) is 6.00. The molecule has 0 spiro atoms. The highest BCUT2D eigenvalue weighted by atomic mass is 19.1. The molecule has 0 radical (unpaired) electrons. The van der Waals surface area contributed by atoms with E-state index in [9.17, 15) is 4.39 Å². The quantitative estimate of drug-likeness (QED) is 0.809. The van der Waals surface area contributed by atoms with E-state index in [1.54, 1.807) is 12.1 Å². The monoisotopic (exact) mass is 283 g/mol. The Morgan fingerprint density at radius 1 is 0.905 bits per heavy atom. The number of nitrogens with zero attached hydrogens (tertiary/aromatic N) is 1. The van der Waals surface area contributed by atoms with Crippen molar-refractivity contribution in [1.82, 2.24) is 4.90 Å². The van der Waals surface area contributed by atoms with Gasteiger partial charge in [-0.15, -0.1) is 0 Å². The van der Waals surface area contributed by atoms with Gasteiger partial charge < -0.3 is 0 Å². The molecule has 0 amide bonds. The van der Waals surface area contributed by atoms with E-state index in [-0.39, 0.29) is 5.82 Å². The van der Waals surface area contributed by atoms with Crippen LogP contribution in [0.5, 0.6) is 0 Å². The molecule has 1 aliphatic rings. The van der Waals surface area contributed by atoms with Crippen molar-refractivity contribution in [2.24, 2.45) is 5.92 Å². The van der Waals surface area contributed by atoms with Crippen molar-refractivity contribution in [3.05, 3.63) is 71.5 Å². The Morgan fingerprint density at radius 2 is 1.57 bits per heavy atom. The summed E-state index contributed by atoms with van der Waals surface area (Å²) in [6.07, 6.45) is 3.60. The average Bonchev–Trinajstić information content (AvgIpc) is 2.52. The van der Waals surface area contributed by atoms with Gasteiger partial charge in [-0.05, 0) is 49.9 Å². The van der Waals surface area contributed by atoms with E-state index in [1.165, 1.54) is 24.8 Å². The maximum absolute atomic E-state index is 13.7. The minimum atomic E-state index is -0.0797. The molecule has 1 saturated heterocycles. The molecule has 1 heterocycles. The summed E-state index contributed by atoms with van der Waals surface area (Å²) in [6.45, 7) is 2.89. The Kier molecular flexibility index (Phi) is 4.66. The van der Waals surface area contributed by atoms with Crippen molar-refractivity contribution in [3.8, 4) is 0 Å². The molecule has 1 fully saturated rings. The molecule has 1 aliphatic heterocycles. The number of benzene rings is 2. The van der Waals surface area contributed by atoms with Gasteiger partial charge in [0, 0.05) is 12.1 Å². The maximum Gasteiger partial charge on any atom is 0.127 e. The number of likely N-dealkylation sites (tertiary alicyclic amines) is 1. The molecular weight excluding hydrogens is 261 g/mol. The normalized spacial score (nSPS) is 17.0. The summed E-state index contributed by atoms with van der Waals surface area (Å²) in [4.78, 5) is 2.37. The Labute approximate surface area is 126 Å². The van der Waals surface area contributed by atoms with Crippen LogP contribution in [0.1, 0.15) is 24.0 Å². The van der Waals surface area contributed by atoms with Crippen molar-refractivity contribution < 1.29 is 4.39 Å². The molecular formula is C19H22FN. The topological polar surface area (TPSA) is 3.24 Å². The van der Waals surface area contributed by atoms with Gasteiger partial charge in [-0.2, -0.15) is 0 Å². The van der Waals surface area contributed by atoms with E-state index >= 15 is 0 Å². The zero-order chi connectivity index (χ0) is 14.5. The molecule has 0 saturated carbocycles. The Hall–Kier alpha value is -1.67. The second-order valence-electron chi connectivity index (χ2n) is 6.00. The summed E-state index contributed by atoms with van der Waals surface area (Å²) in [5, 5.41) is 0. The van der Waals surface area contributed by atoms with Crippen molar-refractivity contribution in [1.29, 1.82) is 0 Å². The zero-order valence-corrected chi connectivity index (χ0v) is 12.3. The molecule has 110 valence electrons. The van der Waals surface area contributed by atoms with Crippen molar-refractivity contribution >= 4 is 0 Å². The number of hydrogen-bond donors (Lipinski definition) is 0. The van der Waals surface area contributed by atoms with Gasteiger partial charge in [0.15, 0.2) is 0 Å². The Morgan fingerprint density at radius 3 is 2.29 bits per heavy atom. The summed E-state index contributed by atoms with van der Waals surface area (Å²) in [5.74, 6) is 0.688. The first-order valence-electron chi connectivity index (χ1n) is 7.81. The average molecular weight is 283 g/mol. The number of piperidine rings is 1. The highest BCUT2D eigenvalue weighted by Gasteiger charge is 2.20. The van der Waals surface area contributed by atoms with Gasteiger partial charge in [0.1, 0.15) is 5.82 Å². The van der Waals surface area contributed by atoms with Crippen LogP contribution >= 0.6 is 0 Å².